The summed E-state index contributed by atoms with van der Waals surface area (Å²) in [6.07, 6.45) is 1.47. The van der Waals surface area contributed by atoms with Crippen LogP contribution in [0.2, 0.25) is 0 Å². The van der Waals surface area contributed by atoms with E-state index in [9.17, 15) is 9.90 Å². The lowest BCUT2D eigenvalue weighted by Crippen LogP contribution is -2.56. The van der Waals surface area contributed by atoms with Crippen molar-refractivity contribution in [2.24, 2.45) is 5.92 Å². The van der Waals surface area contributed by atoms with Gasteiger partial charge in [-0.3, -0.25) is 4.79 Å². The van der Waals surface area contributed by atoms with Crippen LogP contribution in [-0.2, 0) is 0 Å². The van der Waals surface area contributed by atoms with Gasteiger partial charge in [0.15, 0.2) is 0 Å². The Kier molecular flexibility index (Phi) is 5.64. The first kappa shape index (κ1) is 18.2. The van der Waals surface area contributed by atoms with Gasteiger partial charge in [0.1, 0.15) is 0 Å². The van der Waals surface area contributed by atoms with Gasteiger partial charge in [-0.1, -0.05) is 13.8 Å². The van der Waals surface area contributed by atoms with Crippen molar-refractivity contribution in [1.29, 1.82) is 0 Å². The molecule has 1 aromatic carbocycles. The quantitative estimate of drug-likeness (QED) is 0.911. The van der Waals surface area contributed by atoms with Crippen LogP contribution in [0.15, 0.2) is 24.3 Å². The average molecular weight is 345 g/mol. The molecule has 138 valence electrons. The smallest absolute Gasteiger partial charge is 0.254 e. The SMILES string of the molecule is CC(C)C1CN(C)CCN1C(=O)c1ccc(N2CCC(O)CC2)cc1. The van der Waals surface area contributed by atoms with E-state index in [-0.39, 0.29) is 18.1 Å². The molecule has 2 aliphatic heterocycles. The predicted octanol–water partition coefficient (Wildman–Crippen LogP) is 2.06. The number of piperidine rings is 1. The van der Waals surface area contributed by atoms with Gasteiger partial charge in [-0.25, -0.2) is 0 Å². The number of anilines is 1. The molecule has 2 aliphatic rings. The largest absolute Gasteiger partial charge is 0.393 e. The molecule has 0 bridgehead atoms. The van der Waals surface area contributed by atoms with Crippen LogP contribution in [-0.4, -0.2) is 72.7 Å². The van der Waals surface area contributed by atoms with E-state index in [4.69, 9.17) is 0 Å². The molecule has 0 aromatic heterocycles. The van der Waals surface area contributed by atoms with Crippen molar-refractivity contribution in [2.45, 2.75) is 38.8 Å². The summed E-state index contributed by atoms with van der Waals surface area (Å²) >= 11 is 0. The summed E-state index contributed by atoms with van der Waals surface area (Å²) in [6.45, 7) is 8.81. The summed E-state index contributed by atoms with van der Waals surface area (Å²) in [4.78, 5) is 19.7. The molecule has 0 radical (unpaired) electrons. The highest BCUT2D eigenvalue weighted by Gasteiger charge is 2.31. The molecule has 1 atom stereocenters. The van der Waals surface area contributed by atoms with Crippen LogP contribution < -0.4 is 4.90 Å². The molecule has 1 N–H and O–H groups in total. The third-order valence-corrected chi connectivity index (χ3v) is 5.60. The van der Waals surface area contributed by atoms with E-state index < -0.39 is 0 Å². The summed E-state index contributed by atoms with van der Waals surface area (Å²) in [6, 6.07) is 8.28. The molecule has 1 unspecified atom stereocenters. The Balaban J connectivity index is 1.69. The van der Waals surface area contributed by atoms with E-state index in [2.05, 4.69) is 35.6 Å². The van der Waals surface area contributed by atoms with Crippen molar-refractivity contribution < 1.29 is 9.90 Å². The predicted molar refractivity (Wildman–Crippen MR) is 101 cm³/mol. The second kappa shape index (κ2) is 7.75. The molecule has 25 heavy (non-hydrogen) atoms. The van der Waals surface area contributed by atoms with Crippen LogP contribution >= 0.6 is 0 Å². The van der Waals surface area contributed by atoms with Crippen LogP contribution in [0, 0.1) is 5.92 Å². The third kappa shape index (κ3) is 4.15. The minimum Gasteiger partial charge on any atom is -0.393 e. The van der Waals surface area contributed by atoms with Gasteiger partial charge in [0.05, 0.1) is 6.10 Å². The summed E-state index contributed by atoms with van der Waals surface area (Å²) < 4.78 is 0. The van der Waals surface area contributed by atoms with E-state index >= 15 is 0 Å². The fourth-order valence-electron chi connectivity index (χ4n) is 3.88. The Labute approximate surface area is 151 Å². The van der Waals surface area contributed by atoms with Gasteiger partial charge in [0.2, 0.25) is 0 Å². The van der Waals surface area contributed by atoms with Crippen LogP contribution in [0.1, 0.15) is 37.0 Å². The summed E-state index contributed by atoms with van der Waals surface area (Å²) in [5, 5.41) is 9.64. The maximum absolute atomic E-state index is 13.0. The van der Waals surface area contributed by atoms with E-state index in [1.807, 2.05) is 24.3 Å². The van der Waals surface area contributed by atoms with Crippen molar-refractivity contribution in [2.75, 3.05) is 44.7 Å². The maximum atomic E-state index is 13.0. The lowest BCUT2D eigenvalue weighted by atomic mass is 9.98. The first-order chi connectivity index (χ1) is 12.0. The Bertz CT molecular complexity index is 579. The Morgan fingerprint density at radius 1 is 1.08 bits per heavy atom. The summed E-state index contributed by atoms with van der Waals surface area (Å²) in [5.74, 6) is 0.596. The number of carbonyl (C=O) groups excluding carboxylic acids is 1. The number of hydrogen-bond acceptors (Lipinski definition) is 4. The Morgan fingerprint density at radius 3 is 2.32 bits per heavy atom. The van der Waals surface area contributed by atoms with Crippen molar-refractivity contribution in [3.8, 4) is 0 Å². The van der Waals surface area contributed by atoms with Gasteiger partial charge in [-0.2, -0.15) is 0 Å². The van der Waals surface area contributed by atoms with Crippen LogP contribution in [0.25, 0.3) is 0 Å². The zero-order valence-electron chi connectivity index (χ0n) is 15.7. The van der Waals surface area contributed by atoms with E-state index in [0.29, 0.717) is 5.92 Å². The number of likely N-dealkylation sites (N-methyl/N-ethyl adjacent to an activating group) is 1. The number of amides is 1. The third-order valence-electron chi connectivity index (χ3n) is 5.60. The highest BCUT2D eigenvalue weighted by Crippen LogP contribution is 2.23. The van der Waals surface area contributed by atoms with Crippen molar-refractivity contribution in [1.82, 2.24) is 9.80 Å². The van der Waals surface area contributed by atoms with Crippen LogP contribution in [0.4, 0.5) is 5.69 Å². The zero-order chi connectivity index (χ0) is 18.0. The maximum Gasteiger partial charge on any atom is 0.254 e. The molecule has 1 aromatic rings. The molecule has 3 rings (SSSR count). The van der Waals surface area contributed by atoms with Gasteiger partial charge in [-0.05, 0) is 50.1 Å². The van der Waals surface area contributed by atoms with Crippen molar-refractivity contribution in [3.05, 3.63) is 29.8 Å². The molecule has 2 heterocycles. The average Bonchev–Trinajstić information content (AvgIpc) is 2.62. The number of nitrogens with zero attached hydrogens (tertiary/aromatic N) is 3. The molecule has 1 amide bonds. The first-order valence-electron chi connectivity index (χ1n) is 9.48. The molecule has 0 aliphatic carbocycles. The molecule has 2 fully saturated rings. The fourth-order valence-corrected chi connectivity index (χ4v) is 3.88. The molecule has 0 saturated carbocycles. The first-order valence-corrected chi connectivity index (χ1v) is 9.48. The summed E-state index contributed by atoms with van der Waals surface area (Å²) in [7, 11) is 2.13. The van der Waals surface area contributed by atoms with Gasteiger partial charge < -0.3 is 19.8 Å². The molecule has 0 spiro atoms. The van der Waals surface area contributed by atoms with Gasteiger partial charge in [0.25, 0.3) is 5.91 Å². The number of aliphatic hydroxyl groups is 1. The number of carbonyl (C=O) groups is 1. The standard InChI is InChI=1S/C20H31N3O2/c1-15(2)19-14-21(3)12-13-23(19)20(25)16-4-6-17(7-5-16)22-10-8-18(24)9-11-22/h4-7,15,18-19,24H,8-14H2,1-3H3. The lowest BCUT2D eigenvalue weighted by molar-refractivity contribution is 0.0402. The topological polar surface area (TPSA) is 47.0 Å². The van der Waals surface area contributed by atoms with E-state index in [0.717, 1.165) is 56.8 Å². The number of hydrogen-bond donors (Lipinski definition) is 1. The summed E-state index contributed by atoms with van der Waals surface area (Å²) in [5.41, 5.74) is 1.92. The van der Waals surface area contributed by atoms with Crippen molar-refractivity contribution in [3.63, 3.8) is 0 Å². The number of rotatable bonds is 3. The molecule has 5 nitrogen and oxygen atoms in total. The minimum absolute atomic E-state index is 0.146. The van der Waals surface area contributed by atoms with E-state index in [1.165, 1.54) is 0 Å². The normalized spacial score (nSPS) is 23.3. The van der Waals surface area contributed by atoms with Gasteiger partial charge in [0, 0.05) is 50.0 Å². The minimum atomic E-state index is -0.165. The van der Waals surface area contributed by atoms with Crippen LogP contribution in [0.3, 0.4) is 0 Å². The fraction of sp³-hybridized carbons (Fsp3) is 0.650. The zero-order valence-corrected chi connectivity index (χ0v) is 15.7. The second-order valence-corrected chi connectivity index (χ2v) is 7.84. The molecular formula is C20H31N3O2. The van der Waals surface area contributed by atoms with Crippen LogP contribution in [0.5, 0.6) is 0 Å². The monoisotopic (exact) mass is 345 g/mol. The van der Waals surface area contributed by atoms with Gasteiger partial charge >= 0.3 is 0 Å². The molecule has 2 saturated heterocycles. The lowest BCUT2D eigenvalue weighted by Gasteiger charge is -2.42. The highest BCUT2D eigenvalue weighted by molar-refractivity contribution is 5.95. The Morgan fingerprint density at radius 2 is 1.72 bits per heavy atom. The van der Waals surface area contributed by atoms with Gasteiger partial charge in [-0.15, -0.1) is 0 Å². The molecule has 5 heteroatoms. The highest BCUT2D eigenvalue weighted by atomic mass is 16.3. The number of piperazine rings is 1. The second-order valence-electron chi connectivity index (χ2n) is 7.84. The Hall–Kier alpha value is -1.59. The van der Waals surface area contributed by atoms with Crippen molar-refractivity contribution >= 4 is 11.6 Å². The number of benzene rings is 1. The van der Waals surface area contributed by atoms with E-state index in [1.54, 1.807) is 0 Å². The number of aliphatic hydroxyl groups excluding tert-OH is 1. The molecular weight excluding hydrogens is 314 g/mol.